The predicted molar refractivity (Wildman–Crippen MR) is 62.2 cm³/mol. The lowest BCUT2D eigenvalue weighted by Crippen LogP contribution is -2.28. The first-order chi connectivity index (χ1) is 7.79. The number of rotatable bonds is 3. The summed E-state index contributed by atoms with van der Waals surface area (Å²) in [7, 11) is 1.49. The molecule has 0 spiro atoms. The second kappa shape index (κ2) is 5.30. The van der Waals surface area contributed by atoms with Crippen molar-refractivity contribution in [3.05, 3.63) is 29.6 Å². The lowest BCUT2D eigenvalue weighted by atomic mass is 9.91. The summed E-state index contributed by atoms with van der Waals surface area (Å²) in [6.45, 7) is 2.17. The number of hydrogen-bond donors (Lipinski definition) is 1. The van der Waals surface area contributed by atoms with E-state index in [4.69, 9.17) is 4.74 Å². The fraction of sp³-hybridized carbons (Fsp3) is 0.538. The molecule has 88 valence electrons. The second-order valence-corrected chi connectivity index (χ2v) is 4.37. The SMILES string of the molecule is COc1ccc(CC2CCNCC2)cc1F. The zero-order valence-corrected chi connectivity index (χ0v) is 9.63. The summed E-state index contributed by atoms with van der Waals surface area (Å²) in [5.41, 5.74) is 1.07. The van der Waals surface area contributed by atoms with Crippen molar-refractivity contribution in [3.63, 3.8) is 0 Å². The highest BCUT2D eigenvalue weighted by Gasteiger charge is 2.14. The van der Waals surface area contributed by atoms with Crippen molar-refractivity contribution < 1.29 is 9.13 Å². The molecule has 1 aromatic rings. The van der Waals surface area contributed by atoms with Crippen LogP contribution in [0, 0.1) is 11.7 Å². The van der Waals surface area contributed by atoms with Crippen LogP contribution in [0.5, 0.6) is 5.75 Å². The lowest BCUT2D eigenvalue weighted by Gasteiger charge is -2.22. The largest absolute Gasteiger partial charge is 0.494 e. The van der Waals surface area contributed by atoms with Gasteiger partial charge < -0.3 is 10.1 Å². The van der Waals surface area contributed by atoms with Crippen LogP contribution in [0.25, 0.3) is 0 Å². The van der Waals surface area contributed by atoms with Gasteiger partial charge in [0.05, 0.1) is 7.11 Å². The molecule has 16 heavy (non-hydrogen) atoms. The van der Waals surface area contributed by atoms with E-state index in [9.17, 15) is 4.39 Å². The Hall–Kier alpha value is -1.09. The molecule has 2 nitrogen and oxygen atoms in total. The average Bonchev–Trinajstić information content (AvgIpc) is 2.31. The van der Waals surface area contributed by atoms with Gasteiger partial charge in [-0.1, -0.05) is 6.07 Å². The van der Waals surface area contributed by atoms with Crippen LogP contribution in [0.3, 0.4) is 0 Å². The van der Waals surface area contributed by atoms with Crippen LogP contribution in [-0.2, 0) is 6.42 Å². The molecule has 1 aliphatic rings. The van der Waals surface area contributed by atoms with Gasteiger partial charge in [-0.2, -0.15) is 0 Å². The Morgan fingerprint density at radius 1 is 1.38 bits per heavy atom. The van der Waals surface area contributed by atoms with Crippen LogP contribution in [0.2, 0.25) is 0 Å². The molecule has 0 aromatic heterocycles. The van der Waals surface area contributed by atoms with Crippen molar-refractivity contribution in [2.24, 2.45) is 5.92 Å². The Morgan fingerprint density at radius 2 is 2.12 bits per heavy atom. The maximum Gasteiger partial charge on any atom is 0.165 e. The normalized spacial score (nSPS) is 17.4. The third-order valence-electron chi connectivity index (χ3n) is 3.20. The highest BCUT2D eigenvalue weighted by Crippen LogP contribution is 2.22. The maximum atomic E-state index is 13.5. The molecule has 1 saturated heterocycles. The van der Waals surface area contributed by atoms with Crippen LogP contribution in [0.4, 0.5) is 4.39 Å². The number of benzene rings is 1. The van der Waals surface area contributed by atoms with Gasteiger partial charge >= 0.3 is 0 Å². The molecule has 3 heteroatoms. The molecule has 0 aliphatic carbocycles. The van der Waals surface area contributed by atoms with Crippen molar-refractivity contribution in [1.29, 1.82) is 0 Å². The topological polar surface area (TPSA) is 21.3 Å². The van der Waals surface area contributed by atoms with Crippen LogP contribution in [-0.4, -0.2) is 20.2 Å². The smallest absolute Gasteiger partial charge is 0.165 e. The van der Waals surface area contributed by atoms with Gasteiger partial charge in [0.2, 0.25) is 0 Å². The number of nitrogens with one attached hydrogen (secondary N) is 1. The standard InChI is InChI=1S/C13H18FNO/c1-16-13-3-2-11(9-12(13)14)8-10-4-6-15-7-5-10/h2-3,9-10,15H,4-8H2,1H3. The van der Waals surface area contributed by atoms with Crippen molar-refractivity contribution in [2.75, 3.05) is 20.2 Å². The molecule has 2 rings (SSSR count). The zero-order valence-electron chi connectivity index (χ0n) is 9.63. The average molecular weight is 223 g/mol. The summed E-state index contributed by atoms with van der Waals surface area (Å²) in [4.78, 5) is 0. The first kappa shape index (κ1) is 11.4. The van der Waals surface area contributed by atoms with Crippen LogP contribution in [0.15, 0.2) is 18.2 Å². The van der Waals surface area contributed by atoms with Gasteiger partial charge in [-0.15, -0.1) is 0 Å². The quantitative estimate of drug-likeness (QED) is 0.849. The molecule has 1 aromatic carbocycles. The highest BCUT2D eigenvalue weighted by molar-refractivity contribution is 5.29. The third-order valence-corrected chi connectivity index (χ3v) is 3.20. The first-order valence-corrected chi connectivity index (χ1v) is 5.82. The van der Waals surface area contributed by atoms with Gasteiger partial charge in [-0.25, -0.2) is 4.39 Å². The molecule has 1 N–H and O–H groups in total. The molecular formula is C13H18FNO. The summed E-state index contributed by atoms with van der Waals surface area (Å²) < 4.78 is 18.4. The molecule has 1 aliphatic heterocycles. The summed E-state index contributed by atoms with van der Waals surface area (Å²) in [5, 5.41) is 3.34. The predicted octanol–water partition coefficient (Wildman–Crippen LogP) is 2.38. The third kappa shape index (κ3) is 2.73. The summed E-state index contributed by atoms with van der Waals surface area (Å²) >= 11 is 0. The number of methoxy groups -OCH3 is 1. The van der Waals surface area contributed by atoms with E-state index in [-0.39, 0.29) is 5.82 Å². The minimum Gasteiger partial charge on any atom is -0.494 e. The van der Waals surface area contributed by atoms with Crippen molar-refractivity contribution >= 4 is 0 Å². The van der Waals surface area contributed by atoms with E-state index in [1.54, 1.807) is 12.1 Å². The van der Waals surface area contributed by atoms with Crippen LogP contribution >= 0.6 is 0 Å². The second-order valence-electron chi connectivity index (χ2n) is 4.37. The van der Waals surface area contributed by atoms with Crippen molar-refractivity contribution in [2.45, 2.75) is 19.3 Å². The van der Waals surface area contributed by atoms with Crippen molar-refractivity contribution in [1.82, 2.24) is 5.32 Å². The first-order valence-electron chi connectivity index (χ1n) is 5.82. The Bertz CT molecular complexity index is 348. The molecule has 0 unspecified atom stereocenters. The molecule has 0 bridgehead atoms. The van der Waals surface area contributed by atoms with Gasteiger partial charge in [-0.05, 0) is 56.0 Å². The molecule has 1 fully saturated rings. The molecule has 0 saturated carbocycles. The molecule has 0 amide bonds. The fourth-order valence-electron chi connectivity index (χ4n) is 2.26. The van der Waals surface area contributed by atoms with E-state index >= 15 is 0 Å². The van der Waals surface area contributed by atoms with E-state index in [0.717, 1.165) is 25.1 Å². The minimum atomic E-state index is -0.256. The molecule has 0 atom stereocenters. The monoisotopic (exact) mass is 223 g/mol. The van der Waals surface area contributed by atoms with Gasteiger partial charge in [-0.3, -0.25) is 0 Å². The summed E-state index contributed by atoms with van der Waals surface area (Å²) in [6.07, 6.45) is 3.35. The number of hydrogen-bond acceptors (Lipinski definition) is 2. The Kier molecular flexibility index (Phi) is 3.78. The van der Waals surface area contributed by atoms with Gasteiger partial charge in [0.25, 0.3) is 0 Å². The Balaban J connectivity index is 2.01. The van der Waals surface area contributed by atoms with E-state index < -0.39 is 0 Å². The molecular weight excluding hydrogens is 205 g/mol. The van der Waals surface area contributed by atoms with Gasteiger partial charge in [0.15, 0.2) is 11.6 Å². The van der Waals surface area contributed by atoms with Crippen molar-refractivity contribution in [3.8, 4) is 5.75 Å². The van der Waals surface area contributed by atoms with Gasteiger partial charge in [0, 0.05) is 0 Å². The highest BCUT2D eigenvalue weighted by atomic mass is 19.1. The lowest BCUT2D eigenvalue weighted by molar-refractivity contribution is 0.369. The van der Waals surface area contributed by atoms with Gasteiger partial charge in [0.1, 0.15) is 0 Å². The molecule has 0 radical (unpaired) electrons. The minimum absolute atomic E-state index is 0.256. The maximum absolute atomic E-state index is 13.5. The van der Waals surface area contributed by atoms with E-state index in [1.807, 2.05) is 6.07 Å². The number of piperidine rings is 1. The summed E-state index contributed by atoms with van der Waals surface area (Å²) in [5.74, 6) is 0.761. The zero-order chi connectivity index (χ0) is 11.4. The van der Waals surface area contributed by atoms with Crippen LogP contribution in [0.1, 0.15) is 18.4 Å². The van der Waals surface area contributed by atoms with Crippen LogP contribution < -0.4 is 10.1 Å². The number of halogens is 1. The van der Waals surface area contributed by atoms with E-state index in [1.165, 1.54) is 20.0 Å². The summed E-state index contributed by atoms with van der Waals surface area (Å²) in [6, 6.07) is 5.27. The Labute approximate surface area is 95.8 Å². The molecule has 1 heterocycles. The van der Waals surface area contributed by atoms with E-state index in [2.05, 4.69) is 5.32 Å². The number of ether oxygens (including phenoxy) is 1. The van der Waals surface area contributed by atoms with E-state index in [0.29, 0.717) is 11.7 Å². The fourth-order valence-corrected chi connectivity index (χ4v) is 2.26. The Morgan fingerprint density at radius 3 is 2.75 bits per heavy atom.